The number of benzene rings is 1. The summed E-state index contributed by atoms with van der Waals surface area (Å²) in [7, 11) is 7.64. The van der Waals surface area contributed by atoms with Crippen molar-refractivity contribution in [1.29, 1.82) is 0 Å². The molecule has 38 heavy (non-hydrogen) atoms. The maximum absolute atomic E-state index is 13.6. The highest BCUT2D eigenvalue weighted by atomic mass is 19.4. The number of para-hydroxylation sites is 1. The van der Waals surface area contributed by atoms with Crippen LogP contribution in [0.4, 0.5) is 18.0 Å². The molecule has 9 nitrogen and oxygen atoms in total. The Morgan fingerprint density at radius 2 is 1.55 bits per heavy atom. The fourth-order valence-corrected chi connectivity index (χ4v) is 4.81. The van der Waals surface area contributed by atoms with Gasteiger partial charge in [0.05, 0.1) is 16.6 Å². The molecular formula is C26H34F3N5O4. The van der Waals surface area contributed by atoms with Crippen LogP contribution in [0.25, 0.3) is 21.9 Å². The molecule has 1 aliphatic rings. The van der Waals surface area contributed by atoms with E-state index >= 15 is 0 Å². The number of aliphatic carboxylic acids is 1. The van der Waals surface area contributed by atoms with Gasteiger partial charge in [-0.05, 0) is 52.9 Å². The van der Waals surface area contributed by atoms with Crippen LogP contribution in [0, 0.1) is 0 Å². The minimum absolute atomic E-state index is 0.0667. The van der Waals surface area contributed by atoms with E-state index in [0.29, 0.717) is 24.8 Å². The second-order valence-electron chi connectivity index (χ2n) is 10.0. The molecule has 3 aromatic rings. The SMILES string of the molecule is CC(C)n1c2ccccc2c2c1cc(C(=O)N1CCC(N(C)C)CC1)n2C(=O)N(C)C.O=C(O)C(F)(F)F. The summed E-state index contributed by atoms with van der Waals surface area (Å²) in [5, 5.41) is 8.12. The lowest BCUT2D eigenvalue weighted by atomic mass is 10.0. The first kappa shape index (κ1) is 29.0. The third kappa shape index (κ3) is 5.64. The van der Waals surface area contributed by atoms with Crippen molar-refractivity contribution < 1.29 is 32.7 Å². The van der Waals surface area contributed by atoms with Crippen molar-refractivity contribution in [3.8, 4) is 0 Å². The van der Waals surface area contributed by atoms with E-state index in [-0.39, 0.29) is 18.0 Å². The zero-order valence-electron chi connectivity index (χ0n) is 22.4. The van der Waals surface area contributed by atoms with Gasteiger partial charge in [0, 0.05) is 44.7 Å². The molecule has 0 atom stereocenters. The van der Waals surface area contributed by atoms with Crippen molar-refractivity contribution in [2.75, 3.05) is 41.3 Å². The number of carbonyl (C=O) groups excluding carboxylic acids is 2. The molecule has 0 spiro atoms. The van der Waals surface area contributed by atoms with Crippen molar-refractivity contribution >= 4 is 39.8 Å². The van der Waals surface area contributed by atoms with Crippen LogP contribution in [0.3, 0.4) is 0 Å². The van der Waals surface area contributed by atoms with Crippen LogP contribution in [0.2, 0.25) is 0 Å². The van der Waals surface area contributed by atoms with Gasteiger partial charge in [0.2, 0.25) is 0 Å². The number of hydrogen-bond acceptors (Lipinski definition) is 4. The first-order chi connectivity index (χ1) is 17.7. The van der Waals surface area contributed by atoms with Gasteiger partial charge in [0.1, 0.15) is 5.69 Å². The van der Waals surface area contributed by atoms with E-state index in [4.69, 9.17) is 9.90 Å². The smallest absolute Gasteiger partial charge is 0.475 e. The normalized spacial score (nSPS) is 14.8. The number of carboxylic acid groups (broad SMARTS) is 1. The summed E-state index contributed by atoms with van der Waals surface area (Å²) in [6, 6.07) is 10.5. The molecule has 0 aliphatic carbocycles. The highest BCUT2D eigenvalue weighted by molar-refractivity contribution is 6.14. The first-order valence-electron chi connectivity index (χ1n) is 12.3. The van der Waals surface area contributed by atoms with Crippen LogP contribution in [-0.4, -0.2) is 100 Å². The molecule has 0 bridgehead atoms. The summed E-state index contributed by atoms with van der Waals surface area (Å²) in [6.07, 6.45) is -3.19. The molecule has 1 fully saturated rings. The summed E-state index contributed by atoms with van der Waals surface area (Å²) in [4.78, 5) is 41.5. The Kier molecular flexibility index (Phi) is 8.45. The number of halogens is 3. The highest BCUT2D eigenvalue weighted by Gasteiger charge is 2.38. The highest BCUT2D eigenvalue weighted by Crippen LogP contribution is 2.35. The number of hydrogen-bond donors (Lipinski definition) is 1. The number of carbonyl (C=O) groups is 3. The Labute approximate surface area is 219 Å². The molecule has 3 heterocycles. The summed E-state index contributed by atoms with van der Waals surface area (Å²) >= 11 is 0. The number of carboxylic acids is 1. The molecule has 2 aromatic heterocycles. The van der Waals surface area contributed by atoms with Gasteiger partial charge in [0.25, 0.3) is 5.91 Å². The van der Waals surface area contributed by atoms with Crippen LogP contribution in [0.15, 0.2) is 30.3 Å². The van der Waals surface area contributed by atoms with E-state index in [1.165, 1.54) is 4.90 Å². The molecular weight excluding hydrogens is 503 g/mol. The van der Waals surface area contributed by atoms with Crippen LogP contribution in [0.5, 0.6) is 0 Å². The maximum atomic E-state index is 13.6. The molecule has 2 amide bonds. The Balaban J connectivity index is 0.000000505. The number of alkyl halides is 3. The predicted molar refractivity (Wildman–Crippen MR) is 139 cm³/mol. The largest absolute Gasteiger partial charge is 0.490 e. The van der Waals surface area contributed by atoms with Gasteiger partial charge in [0.15, 0.2) is 0 Å². The fourth-order valence-electron chi connectivity index (χ4n) is 4.81. The number of fused-ring (bicyclic) bond motifs is 3. The Hall–Kier alpha value is -3.54. The molecule has 1 aliphatic heterocycles. The van der Waals surface area contributed by atoms with Gasteiger partial charge in [-0.25, -0.2) is 9.59 Å². The van der Waals surface area contributed by atoms with Crippen LogP contribution < -0.4 is 0 Å². The number of rotatable bonds is 3. The molecule has 1 saturated heterocycles. The van der Waals surface area contributed by atoms with Crippen molar-refractivity contribution in [2.45, 2.75) is 44.9 Å². The zero-order chi connectivity index (χ0) is 28.5. The van der Waals surface area contributed by atoms with Gasteiger partial charge in [-0.2, -0.15) is 13.2 Å². The van der Waals surface area contributed by atoms with Crippen molar-refractivity contribution in [2.24, 2.45) is 0 Å². The average Bonchev–Trinajstić information content (AvgIpc) is 3.37. The number of likely N-dealkylation sites (tertiary alicyclic amines) is 1. The van der Waals surface area contributed by atoms with Gasteiger partial charge < -0.3 is 24.4 Å². The molecule has 4 rings (SSSR count). The summed E-state index contributed by atoms with van der Waals surface area (Å²) in [6.45, 7) is 5.67. The quantitative estimate of drug-likeness (QED) is 0.531. The molecule has 1 aromatic carbocycles. The zero-order valence-corrected chi connectivity index (χ0v) is 22.4. The Morgan fingerprint density at radius 1 is 1.00 bits per heavy atom. The van der Waals surface area contributed by atoms with Gasteiger partial charge >= 0.3 is 18.2 Å². The molecule has 208 valence electrons. The molecule has 0 radical (unpaired) electrons. The van der Waals surface area contributed by atoms with E-state index in [1.54, 1.807) is 18.7 Å². The molecule has 1 N–H and O–H groups in total. The Bertz CT molecular complexity index is 1330. The van der Waals surface area contributed by atoms with Crippen LogP contribution >= 0.6 is 0 Å². The lowest BCUT2D eigenvalue weighted by molar-refractivity contribution is -0.192. The van der Waals surface area contributed by atoms with Gasteiger partial charge in [-0.1, -0.05) is 18.2 Å². The van der Waals surface area contributed by atoms with Gasteiger partial charge in [-0.3, -0.25) is 9.36 Å². The maximum Gasteiger partial charge on any atom is 0.490 e. The monoisotopic (exact) mass is 537 g/mol. The van der Waals surface area contributed by atoms with E-state index in [0.717, 1.165) is 34.8 Å². The second kappa shape index (κ2) is 11.1. The molecule has 0 unspecified atom stereocenters. The molecule has 12 heteroatoms. The summed E-state index contributed by atoms with van der Waals surface area (Å²) in [5.74, 6) is -2.82. The summed E-state index contributed by atoms with van der Waals surface area (Å²) < 4.78 is 35.6. The lowest BCUT2D eigenvalue weighted by Gasteiger charge is -2.35. The van der Waals surface area contributed by atoms with Crippen LogP contribution in [0.1, 0.15) is 43.2 Å². The topological polar surface area (TPSA) is 91.0 Å². The van der Waals surface area contributed by atoms with Crippen LogP contribution in [-0.2, 0) is 4.79 Å². The van der Waals surface area contributed by atoms with E-state index in [9.17, 15) is 22.8 Å². The van der Waals surface area contributed by atoms with Crippen molar-refractivity contribution in [1.82, 2.24) is 23.8 Å². The minimum Gasteiger partial charge on any atom is -0.475 e. The van der Waals surface area contributed by atoms with E-state index < -0.39 is 12.1 Å². The first-order valence-corrected chi connectivity index (χ1v) is 12.3. The lowest BCUT2D eigenvalue weighted by Crippen LogP contribution is -2.45. The number of nitrogens with zero attached hydrogens (tertiary/aromatic N) is 5. The standard InChI is InChI=1S/C24H33N5O2.C2HF3O2/c1-16(2)28-19-10-8-7-9-18(19)22-20(28)15-21(29(22)24(31)26(5)6)23(30)27-13-11-17(12-14-27)25(3)4;3-2(4,5)1(6)7/h7-10,15-17H,11-14H2,1-6H3;(H,6,7). The molecule has 0 saturated carbocycles. The minimum atomic E-state index is -5.08. The van der Waals surface area contributed by atoms with Crippen molar-refractivity contribution in [3.05, 3.63) is 36.0 Å². The third-order valence-electron chi connectivity index (χ3n) is 6.69. The Morgan fingerprint density at radius 3 is 2.03 bits per heavy atom. The van der Waals surface area contributed by atoms with Gasteiger partial charge in [-0.15, -0.1) is 0 Å². The summed E-state index contributed by atoms with van der Waals surface area (Å²) in [5.41, 5.74) is 3.27. The fraction of sp³-hybridized carbons (Fsp3) is 0.500. The predicted octanol–water partition coefficient (Wildman–Crippen LogP) is 4.51. The van der Waals surface area contributed by atoms with Crippen molar-refractivity contribution in [3.63, 3.8) is 0 Å². The third-order valence-corrected chi connectivity index (χ3v) is 6.69. The average molecular weight is 538 g/mol. The second-order valence-corrected chi connectivity index (χ2v) is 10.0. The van der Waals surface area contributed by atoms with E-state index in [2.05, 4.69) is 43.5 Å². The number of piperidine rings is 1. The van der Waals surface area contributed by atoms with E-state index in [1.807, 2.05) is 29.2 Å². The number of amides is 2. The number of aromatic nitrogens is 2.